The first kappa shape index (κ1) is 19.7. The van der Waals surface area contributed by atoms with Crippen molar-refractivity contribution in [1.82, 2.24) is 9.55 Å². The molecule has 0 saturated carbocycles. The van der Waals surface area contributed by atoms with Gasteiger partial charge in [0, 0.05) is 8.96 Å². The molecule has 4 heteroatoms. The molecule has 0 aliphatic carbocycles. The van der Waals surface area contributed by atoms with E-state index in [1.54, 1.807) is 4.57 Å². The van der Waals surface area contributed by atoms with Crippen LogP contribution >= 0.6 is 22.6 Å². The molecule has 0 bridgehead atoms. The first-order valence-electron chi connectivity index (χ1n) is 10.1. The fourth-order valence-corrected chi connectivity index (χ4v) is 4.35. The SMILES string of the molecule is Cc1ccccc1C=Cc1nc2ccc(I)cc2c(=O)n1-c1cccc2ccccc12. The molecule has 5 rings (SSSR count). The monoisotopic (exact) mass is 514 g/mol. The van der Waals surface area contributed by atoms with Gasteiger partial charge in [-0.2, -0.15) is 0 Å². The second-order valence-electron chi connectivity index (χ2n) is 7.46. The van der Waals surface area contributed by atoms with Gasteiger partial charge in [0.1, 0.15) is 5.82 Å². The highest BCUT2D eigenvalue weighted by atomic mass is 127. The predicted molar refractivity (Wildman–Crippen MR) is 138 cm³/mol. The van der Waals surface area contributed by atoms with E-state index < -0.39 is 0 Å². The maximum atomic E-state index is 13.7. The van der Waals surface area contributed by atoms with Crippen molar-refractivity contribution in [2.45, 2.75) is 6.92 Å². The van der Waals surface area contributed by atoms with Gasteiger partial charge in [-0.1, -0.05) is 66.7 Å². The zero-order valence-corrected chi connectivity index (χ0v) is 19.1. The average Bonchev–Trinajstić information content (AvgIpc) is 2.79. The number of halogens is 1. The Hall–Kier alpha value is -3.25. The number of hydrogen-bond donors (Lipinski definition) is 0. The Labute approximate surface area is 193 Å². The first-order chi connectivity index (χ1) is 15.1. The molecule has 0 aliphatic rings. The summed E-state index contributed by atoms with van der Waals surface area (Å²) in [5.41, 5.74) is 3.74. The maximum absolute atomic E-state index is 13.7. The molecule has 31 heavy (non-hydrogen) atoms. The van der Waals surface area contributed by atoms with Crippen molar-refractivity contribution in [1.29, 1.82) is 0 Å². The minimum atomic E-state index is -0.0655. The molecule has 3 nitrogen and oxygen atoms in total. The first-order valence-corrected chi connectivity index (χ1v) is 11.1. The lowest BCUT2D eigenvalue weighted by atomic mass is 10.1. The van der Waals surface area contributed by atoms with Crippen LogP contribution in [0.3, 0.4) is 0 Å². The number of rotatable bonds is 3. The maximum Gasteiger partial charge on any atom is 0.266 e. The normalized spacial score (nSPS) is 11.5. The van der Waals surface area contributed by atoms with Crippen molar-refractivity contribution in [3.8, 4) is 5.69 Å². The summed E-state index contributed by atoms with van der Waals surface area (Å²) in [5, 5.41) is 2.72. The third-order valence-corrected chi connectivity index (χ3v) is 6.14. The van der Waals surface area contributed by atoms with Gasteiger partial charge in [-0.15, -0.1) is 0 Å². The standard InChI is InChI=1S/C27H19IN2O/c1-18-7-2-3-8-19(18)13-16-26-29-24-15-14-21(28)17-23(24)27(31)30(26)25-12-6-10-20-9-4-5-11-22(20)25/h2-17H,1H3. The summed E-state index contributed by atoms with van der Waals surface area (Å²) < 4.78 is 2.74. The van der Waals surface area contributed by atoms with E-state index in [4.69, 9.17) is 4.98 Å². The zero-order valence-electron chi connectivity index (χ0n) is 16.9. The summed E-state index contributed by atoms with van der Waals surface area (Å²) in [4.78, 5) is 18.6. The van der Waals surface area contributed by atoms with Crippen molar-refractivity contribution >= 4 is 56.4 Å². The second-order valence-corrected chi connectivity index (χ2v) is 8.71. The molecule has 0 atom stereocenters. The molecule has 1 aromatic heterocycles. The van der Waals surface area contributed by atoms with Gasteiger partial charge in [0.25, 0.3) is 5.56 Å². The molecule has 0 unspecified atom stereocenters. The molecular formula is C27H19IN2O. The van der Waals surface area contributed by atoms with Crippen LogP contribution in [0.2, 0.25) is 0 Å². The van der Waals surface area contributed by atoms with E-state index in [1.807, 2.05) is 72.8 Å². The van der Waals surface area contributed by atoms with Gasteiger partial charge in [0.15, 0.2) is 0 Å². The van der Waals surface area contributed by atoms with Crippen molar-refractivity contribution in [2.75, 3.05) is 0 Å². The second kappa shape index (κ2) is 8.12. The Morgan fingerprint density at radius 3 is 2.48 bits per heavy atom. The molecule has 150 valence electrons. The van der Waals surface area contributed by atoms with Crippen molar-refractivity contribution in [2.24, 2.45) is 0 Å². The fourth-order valence-electron chi connectivity index (χ4n) is 3.86. The molecule has 0 amide bonds. The van der Waals surface area contributed by atoms with Crippen molar-refractivity contribution < 1.29 is 0 Å². The van der Waals surface area contributed by atoms with E-state index in [1.165, 1.54) is 5.56 Å². The smallest absolute Gasteiger partial charge is 0.266 e. The topological polar surface area (TPSA) is 34.9 Å². The van der Waals surface area contributed by atoms with Crippen LogP contribution in [-0.2, 0) is 0 Å². The van der Waals surface area contributed by atoms with E-state index >= 15 is 0 Å². The summed E-state index contributed by atoms with van der Waals surface area (Å²) in [7, 11) is 0. The highest BCUT2D eigenvalue weighted by Gasteiger charge is 2.14. The van der Waals surface area contributed by atoms with Gasteiger partial charge in [0.05, 0.1) is 16.6 Å². The fraction of sp³-hybridized carbons (Fsp3) is 0.0370. The molecule has 0 spiro atoms. The van der Waals surface area contributed by atoms with Gasteiger partial charge in [-0.3, -0.25) is 9.36 Å². The van der Waals surface area contributed by atoms with E-state index in [2.05, 4.69) is 53.8 Å². The summed E-state index contributed by atoms with van der Waals surface area (Å²) in [6, 6.07) is 28.1. The lowest BCUT2D eigenvalue weighted by Gasteiger charge is -2.14. The minimum Gasteiger partial charge on any atom is -0.268 e. The lowest BCUT2D eigenvalue weighted by Crippen LogP contribution is -2.22. The number of fused-ring (bicyclic) bond motifs is 2. The summed E-state index contributed by atoms with van der Waals surface area (Å²) >= 11 is 2.23. The van der Waals surface area contributed by atoms with Crippen LogP contribution in [-0.4, -0.2) is 9.55 Å². The molecular weight excluding hydrogens is 495 g/mol. The van der Waals surface area contributed by atoms with Crippen LogP contribution in [0.15, 0.2) is 89.7 Å². The summed E-state index contributed by atoms with van der Waals surface area (Å²) in [5.74, 6) is 0.610. The van der Waals surface area contributed by atoms with E-state index in [-0.39, 0.29) is 5.56 Å². The lowest BCUT2D eigenvalue weighted by molar-refractivity contribution is 0.951. The molecule has 1 heterocycles. The van der Waals surface area contributed by atoms with Crippen molar-refractivity contribution in [3.63, 3.8) is 0 Å². The Kier molecular flexibility index (Phi) is 5.16. The number of hydrogen-bond acceptors (Lipinski definition) is 2. The highest BCUT2D eigenvalue weighted by Crippen LogP contribution is 2.24. The van der Waals surface area contributed by atoms with Crippen LogP contribution in [0.25, 0.3) is 39.5 Å². The van der Waals surface area contributed by atoms with E-state index in [9.17, 15) is 4.79 Å². The highest BCUT2D eigenvalue weighted by molar-refractivity contribution is 14.1. The van der Waals surface area contributed by atoms with Gasteiger partial charge in [-0.25, -0.2) is 4.98 Å². The van der Waals surface area contributed by atoms with Crippen molar-refractivity contribution in [3.05, 3.63) is 116 Å². The number of nitrogens with zero attached hydrogens (tertiary/aromatic N) is 2. The molecule has 0 saturated heterocycles. The van der Waals surface area contributed by atoms with Crippen LogP contribution < -0.4 is 5.56 Å². The largest absolute Gasteiger partial charge is 0.268 e. The Morgan fingerprint density at radius 2 is 1.61 bits per heavy atom. The third-order valence-electron chi connectivity index (χ3n) is 5.46. The molecule has 0 N–H and O–H groups in total. The zero-order chi connectivity index (χ0) is 21.4. The summed E-state index contributed by atoms with van der Waals surface area (Å²) in [6.45, 7) is 2.08. The number of aromatic nitrogens is 2. The van der Waals surface area contributed by atoms with Crippen LogP contribution in [0.4, 0.5) is 0 Å². The molecule has 0 aliphatic heterocycles. The quantitative estimate of drug-likeness (QED) is 0.254. The molecule has 0 radical (unpaired) electrons. The Morgan fingerprint density at radius 1 is 0.839 bits per heavy atom. The molecule has 4 aromatic carbocycles. The van der Waals surface area contributed by atoms with Gasteiger partial charge >= 0.3 is 0 Å². The van der Waals surface area contributed by atoms with Gasteiger partial charge in [0.2, 0.25) is 0 Å². The van der Waals surface area contributed by atoms with Crippen LogP contribution in [0.1, 0.15) is 17.0 Å². The summed E-state index contributed by atoms with van der Waals surface area (Å²) in [6.07, 6.45) is 3.96. The minimum absolute atomic E-state index is 0.0655. The average molecular weight is 514 g/mol. The van der Waals surface area contributed by atoms with E-state index in [0.29, 0.717) is 16.7 Å². The molecule has 5 aromatic rings. The third kappa shape index (κ3) is 3.68. The van der Waals surface area contributed by atoms with Gasteiger partial charge < -0.3 is 0 Å². The van der Waals surface area contributed by atoms with Crippen LogP contribution in [0.5, 0.6) is 0 Å². The predicted octanol–water partition coefficient (Wildman–Crippen LogP) is 6.62. The Balaban J connectivity index is 1.83. The molecule has 0 fully saturated rings. The van der Waals surface area contributed by atoms with E-state index in [0.717, 1.165) is 25.6 Å². The van der Waals surface area contributed by atoms with Crippen LogP contribution in [0, 0.1) is 10.5 Å². The van der Waals surface area contributed by atoms with Gasteiger partial charge in [-0.05, 0) is 76.4 Å². The number of benzene rings is 4. The number of aryl methyl sites for hydroxylation is 1. The Bertz CT molecular complexity index is 1530.